The number of ether oxygens (including phenoxy) is 2. The second-order valence-electron chi connectivity index (χ2n) is 5.82. The molecule has 2 heterocycles. The molecule has 6 nitrogen and oxygen atoms in total. The summed E-state index contributed by atoms with van der Waals surface area (Å²) >= 11 is 1.35. The van der Waals surface area contributed by atoms with E-state index in [0.717, 1.165) is 16.0 Å². The number of hydrogen-bond donors (Lipinski definition) is 1. The summed E-state index contributed by atoms with van der Waals surface area (Å²) in [5.41, 5.74) is 0.772. The first-order chi connectivity index (χ1) is 13.6. The summed E-state index contributed by atoms with van der Waals surface area (Å²) < 4.78 is 30.0. The number of anilines is 1. The van der Waals surface area contributed by atoms with E-state index in [1.807, 2.05) is 18.2 Å². The zero-order valence-electron chi connectivity index (χ0n) is 14.8. The van der Waals surface area contributed by atoms with Gasteiger partial charge in [-0.15, -0.1) is 0 Å². The number of thiazole rings is 1. The number of methoxy groups -OCH3 is 1. The molecule has 0 aliphatic heterocycles. The standard InChI is InChI=1S/C20H15FN2O4S/c1-25-14-6-8-16-18(10-14)28-20(22-16)23-19(24)17-9-7-15(27-17)11-26-13-4-2-12(21)3-5-13/h2-10H,11H2,1H3,(H,22,23,24). The number of hydrogen-bond acceptors (Lipinski definition) is 6. The Labute approximate surface area is 163 Å². The van der Waals surface area contributed by atoms with Crippen LogP contribution >= 0.6 is 11.3 Å². The van der Waals surface area contributed by atoms with Crippen LogP contribution in [-0.2, 0) is 6.61 Å². The molecule has 8 heteroatoms. The zero-order chi connectivity index (χ0) is 19.5. The number of carbonyl (C=O) groups is 1. The molecule has 0 aliphatic carbocycles. The van der Waals surface area contributed by atoms with Crippen LogP contribution in [0.25, 0.3) is 10.2 Å². The van der Waals surface area contributed by atoms with Crippen LogP contribution in [-0.4, -0.2) is 18.0 Å². The lowest BCUT2D eigenvalue weighted by atomic mass is 10.3. The number of rotatable bonds is 6. The lowest BCUT2D eigenvalue weighted by Gasteiger charge is -2.03. The van der Waals surface area contributed by atoms with Gasteiger partial charge in [-0.1, -0.05) is 11.3 Å². The molecule has 142 valence electrons. The molecule has 2 aromatic heterocycles. The number of nitrogens with zero attached hydrogens (tertiary/aromatic N) is 1. The summed E-state index contributed by atoms with van der Waals surface area (Å²) in [6.07, 6.45) is 0. The minimum absolute atomic E-state index is 0.125. The van der Waals surface area contributed by atoms with Crippen molar-refractivity contribution in [2.45, 2.75) is 6.61 Å². The molecule has 1 amide bonds. The molecule has 4 rings (SSSR count). The number of aromatic nitrogens is 1. The summed E-state index contributed by atoms with van der Waals surface area (Å²) in [6, 6.07) is 14.4. The third-order valence-electron chi connectivity index (χ3n) is 3.90. The fraction of sp³-hybridized carbons (Fsp3) is 0.100. The summed E-state index contributed by atoms with van der Waals surface area (Å²) in [6.45, 7) is 0.125. The highest BCUT2D eigenvalue weighted by Gasteiger charge is 2.14. The highest BCUT2D eigenvalue weighted by Crippen LogP contribution is 2.29. The largest absolute Gasteiger partial charge is 0.497 e. The molecular formula is C20H15FN2O4S. The van der Waals surface area contributed by atoms with E-state index in [9.17, 15) is 9.18 Å². The Kier molecular flexibility index (Phi) is 4.94. The van der Waals surface area contributed by atoms with Gasteiger partial charge in [0, 0.05) is 0 Å². The van der Waals surface area contributed by atoms with Crippen molar-refractivity contribution in [2.75, 3.05) is 12.4 Å². The van der Waals surface area contributed by atoms with Gasteiger partial charge in [-0.05, 0) is 54.6 Å². The predicted octanol–water partition coefficient (Wildman–Crippen LogP) is 4.87. The molecule has 0 unspecified atom stereocenters. The Morgan fingerprint density at radius 3 is 2.71 bits per heavy atom. The van der Waals surface area contributed by atoms with E-state index in [-0.39, 0.29) is 18.2 Å². The molecule has 28 heavy (non-hydrogen) atoms. The quantitative estimate of drug-likeness (QED) is 0.502. The Morgan fingerprint density at radius 1 is 1.14 bits per heavy atom. The van der Waals surface area contributed by atoms with Crippen LogP contribution in [0.15, 0.2) is 59.0 Å². The van der Waals surface area contributed by atoms with E-state index >= 15 is 0 Å². The SMILES string of the molecule is COc1ccc2nc(NC(=O)c3ccc(COc4ccc(F)cc4)o3)sc2c1. The van der Waals surface area contributed by atoms with Gasteiger partial charge in [-0.25, -0.2) is 9.37 Å². The second-order valence-corrected chi connectivity index (χ2v) is 6.85. The van der Waals surface area contributed by atoms with Gasteiger partial charge >= 0.3 is 0 Å². The molecule has 0 saturated heterocycles. The minimum Gasteiger partial charge on any atom is -0.497 e. The van der Waals surface area contributed by atoms with Gasteiger partial charge in [0.2, 0.25) is 0 Å². The smallest absolute Gasteiger partial charge is 0.293 e. The van der Waals surface area contributed by atoms with Gasteiger partial charge in [0.1, 0.15) is 29.7 Å². The van der Waals surface area contributed by atoms with E-state index < -0.39 is 5.91 Å². The van der Waals surface area contributed by atoms with Crippen LogP contribution in [0.1, 0.15) is 16.3 Å². The zero-order valence-corrected chi connectivity index (χ0v) is 15.6. The van der Waals surface area contributed by atoms with Crippen LogP contribution in [0.2, 0.25) is 0 Å². The molecule has 0 atom stereocenters. The highest BCUT2D eigenvalue weighted by atomic mass is 32.1. The van der Waals surface area contributed by atoms with Gasteiger partial charge in [0.05, 0.1) is 17.3 Å². The van der Waals surface area contributed by atoms with Crippen molar-refractivity contribution in [3.8, 4) is 11.5 Å². The monoisotopic (exact) mass is 398 g/mol. The Hall–Kier alpha value is -3.39. The van der Waals surface area contributed by atoms with Crippen molar-refractivity contribution in [3.05, 3.63) is 71.9 Å². The molecule has 0 aliphatic rings. The lowest BCUT2D eigenvalue weighted by molar-refractivity contribution is 0.0992. The highest BCUT2D eigenvalue weighted by molar-refractivity contribution is 7.22. The van der Waals surface area contributed by atoms with E-state index in [2.05, 4.69) is 10.3 Å². The number of carbonyl (C=O) groups excluding carboxylic acids is 1. The molecular weight excluding hydrogens is 383 g/mol. The van der Waals surface area contributed by atoms with E-state index in [4.69, 9.17) is 13.9 Å². The van der Waals surface area contributed by atoms with Crippen molar-refractivity contribution in [2.24, 2.45) is 0 Å². The first-order valence-corrected chi connectivity index (χ1v) is 9.15. The van der Waals surface area contributed by atoms with E-state index in [0.29, 0.717) is 16.6 Å². The summed E-state index contributed by atoms with van der Waals surface area (Å²) in [7, 11) is 1.60. The Bertz CT molecular complexity index is 1120. The third kappa shape index (κ3) is 3.96. The Morgan fingerprint density at radius 2 is 1.93 bits per heavy atom. The van der Waals surface area contributed by atoms with Gasteiger partial charge in [-0.3, -0.25) is 10.1 Å². The van der Waals surface area contributed by atoms with Gasteiger partial charge in [-0.2, -0.15) is 0 Å². The maximum atomic E-state index is 12.9. The summed E-state index contributed by atoms with van der Waals surface area (Å²) in [4.78, 5) is 16.8. The van der Waals surface area contributed by atoms with Crippen LogP contribution in [0.3, 0.4) is 0 Å². The number of benzene rings is 2. The number of nitrogens with one attached hydrogen (secondary N) is 1. The fourth-order valence-electron chi connectivity index (χ4n) is 2.51. The third-order valence-corrected chi connectivity index (χ3v) is 4.83. The second kappa shape index (κ2) is 7.69. The van der Waals surface area contributed by atoms with E-state index in [1.165, 1.54) is 35.6 Å². The van der Waals surface area contributed by atoms with Crippen molar-refractivity contribution in [3.63, 3.8) is 0 Å². The normalized spacial score (nSPS) is 10.8. The maximum absolute atomic E-state index is 12.9. The van der Waals surface area contributed by atoms with Crippen LogP contribution < -0.4 is 14.8 Å². The minimum atomic E-state index is -0.404. The molecule has 0 spiro atoms. The lowest BCUT2D eigenvalue weighted by Crippen LogP contribution is -2.10. The molecule has 4 aromatic rings. The van der Waals surface area contributed by atoms with Crippen LogP contribution in [0, 0.1) is 5.82 Å². The summed E-state index contributed by atoms with van der Waals surface area (Å²) in [5, 5.41) is 3.20. The molecule has 0 saturated carbocycles. The number of halogens is 1. The number of amides is 1. The van der Waals surface area contributed by atoms with Crippen molar-refractivity contribution in [1.82, 2.24) is 4.98 Å². The average Bonchev–Trinajstić information content (AvgIpc) is 3.33. The fourth-order valence-corrected chi connectivity index (χ4v) is 3.40. The van der Waals surface area contributed by atoms with Crippen molar-refractivity contribution < 1.29 is 23.1 Å². The number of fused-ring (bicyclic) bond motifs is 1. The van der Waals surface area contributed by atoms with Crippen molar-refractivity contribution in [1.29, 1.82) is 0 Å². The predicted molar refractivity (Wildman–Crippen MR) is 104 cm³/mol. The average molecular weight is 398 g/mol. The molecule has 2 aromatic carbocycles. The topological polar surface area (TPSA) is 73.6 Å². The first-order valence-electron chi connectivity index (χ1n) is 8.34. The molecule has 0 fully saturated rings. The maximum Gasteiger partial charge on any atom is 0.293 e. The van der Waals surface area contributed by atoms with Gasteiger partial charge < -0.3 is 13.9 Å². The van der Waals surface area contributed by atoms with Crippen LogP contribution in [0.5, 0.6) is 11.5 Å². The number of furan rings is 1. The van der Waals surface area contributed by atoms with E-state index in [1.54, 1.807) is 19.2 Å². The molecule has 0 bridgehead atoms. The summed E-state index contributed by atoms with van der Waals surface area (Å²) in [5.74, 6) is 1.12. The molecule has 0 radical (unpaired) electrons. The van der Waals surface area contributed by atoms with Gasteiger partial charge in [0.15, 0.2) is 10.9 Å². The van der Waals surface area contributed by atoms with Crippen LogP contribution in [0.4, 0.5) is 9.52 Å². The van der Waals surface area contributed by atoms with Crippen molar-refractivity contribution >= 4 is 32.6 Å². The first kappa shape index (κ1) is 18.0. The molecule has 1 N–H and O–H groups in total. The van der Waals surface area contributed by atoms with Gasteiger partial charge in [0.25, 0.3) is 5.91 Å². The Balaban J connectivity index is 1.40.